The third kappa shape index (κ3) is 35.1. The second kappa shape index (κ2) is 57.3. The van der Waals surface area contributed by atoms with Gasteiger partial charge in [0.15, 0.2) is 63.3 Å². The van der Waals surface area contributed by atoms with Gasteiger partial charge in [-0.1, -0.05) is 251 Å². The fourth-order valence-corrected chi connectivity index (χ4v) is 21.6. The summed E-state index contributed by atoms with van der Waals surface area (Å²) < 4.78 is 55.3. The molecule has 786 valence electrons. The Bertz CT molecular complexity index is 6430. The summed E-state index contributed by atoms with van der Waals surface area (Å²) in [5.74, 6) is 7.16. The first-order chi connectivity index (χ1) is 72.6. The fourth-order valence-electron chi connectivity index (χ4n) is 18.0. The summed E-state index contributed by atoms with van der Waals surface area (Å²) in [5, 5.41) is 12.8. The van der Waals surface area contributed by atoms with Gasteiger partial charge in [0, 0.05) is 116 Å². The van der Waals surface area contributed by atoms with Crippen molar-refractivity contribution in [2.45, 2.75) is 261 Å². The van der Waals surface area contributed by atoms with E-state index in [1.54, 1.807) is 38.9 Å². The molecule has 0 spiro atoms. The average Bonchev–Trinajstić information content (AvgIpc) is 1.75. The Morgan fingerprint density at radius 1 is 0.349 bits per heavy atom. The van der Waals surface area contributed by atoms with Crippen molar-refractivity contribution < 1.29 is 71.3 Å². The summed E-state index contributed by atoms with van der Waals surface area (Å²) in [4.78, 5) is 93.1. The van der Waals surface area contributed by atoms with E-state index in [0.29, 0.717) is 120 Å². The van der Waals surface area contributed by atoms with Crippen molar-refractivity contribution in [1.29, 1.82) is 0 Å². The molecule has 149 heavy (non-hydrogen) atoms. The number of thiazole rings is 4. The zero-order valence-corrected chi connectivity index (χ0v) is 91.3. The highest BCUT2D eigenvalue weighted by Gasteiger charge is 2.32. The maximum atomic E-state index is 13.2. The molecule has 1 fully saturated rings. The first-order valence-electron chi connectivity index (χ1n) is 52.2. The molecule has 24 nitrogen and oxygen atoms in total. The fraction of sp³-hybridized carbons (Fsp3) is 0.403. The SMILES string of the molecule is CCCCCCC(=O)c1csc(CN(Cc2ccc(Cl)cc2)Cc2ccc3c(c2)OCO3)n1.CCCCCCCC(=O)c1csc(CN(Cc2ccc(Cl)cc2)Cc2ccc3c(c2)OCO3)n1.CCCCCCCC(=O)c1csc(CN(Cc2ccc(OCc3ccccc3)cc2)Cc2ccc3c(c2)OCO3)n1.CCOC(=O)C1CCN(C(=O)c2csc(CN(Cc3ccc(C(C)(C)C)cc3)Cc3ccc4c(c3)OCO4)n2)CC1. The van der Waals surface area contributed by atoms with Gasteiger partial charge < -0.3 is 52.3 Å². The number of nitrogens with zero attached hydrogens (tertiary/aromatic N) is 9. The van der Waals surface area contributed by atoms with E-state index < -0.39 is 0 Å². The van der Waals surface area contributed by atoms with Gasteiger partial charge in [0.2, 0.25) is 27.2 Å². The van der Waals surface area contributed by atoms with E-state index in [2.05, 4.69) is 144 Å². The number of likely N-dealkylation sites (tertiary alicyclic amines) is 1. The van der Waals surface area contributed by atoms with E-state index in [1.807, 2.05) is 156 Å². The maximum Gasteiger partial charge on any atom is 0.309 e. The molecule has 0 saturated carbocycles. The number of amides is 1. The zero-order valence-electron chi connectivity index (χ0n) is 86.6. The van der Waals surface area contributed by atoms with Crippen LogP contribution in [-0.2, 0) is 100 Å². The number of esters is 1. The van der Waals surface area contributed by atoms with E-state index in [9.17, 15) is 24.0 Å². The first kappa shape index (κ1) is 111. The number of carbonyl (C=O) groups excluding carboxylic acids is 5. The summed E-state index contributed by atoms with van der Waals surface area (Å²) in [6, 6.07) is 67.4. The van der Waals surface area contributed by atoms with E-state index in [0.717, 1.165) is 187 Å². The van der Waals surface area contributed by atoms with Crippen LogP contribution in [-0.4, -0.2) is 121 Å². The van der Waals surface area contributed by atoms with E-state index in [4.69, 9.17) is 80.5 Å². The molecule has 0 bridgehead atoms. The highest BCUT2D eigenvalue weighted by atomic mass is 35.5. The lowest BCUT2D eigenvalue weighted by Crippen LogP contribution is -2.40. The highest BCUT2D eigenvalue weighted by molar-refractivity contribution is 7.10. The molecule has 1 amide bonds. The van der Waals surface area contributed by atoms with Gasteiger partial charge in [-0.15, -0.1) is 45.3 Å². The minimum absolute atomic E-state index is 0.0742. The summed E-state index contributed by atoms with van der Waals surface area (Å²) >= 11 is 18.3. The second-order valence-corrected chi connectivity index (χ2v) is 43.8. The lowest BCUT2D eigenvalue weighted by atomic mass is 9.87. The Kier molecular flexibility index (Phi) is 42.8. The smallest absolute Gasteiger partial charge is 0.309 e. The van der Waals surface area contributed by atoms with Crippen molar-refractivity contribution in [3.63, 3.8) is 0 Å². The van der Waals surface area contributed by atoms with E-state index in [1.165, 1.54) is 90.5 Å². The molecular formula is C119H137Cl2N9O15S4. The van der Waals surface area contributed by atoms with Crippen molar-refractivity contribution in [2.75, 3.05) is 46.9 Å². The van der Waals surface area contributed by atoms with Crippen molar-refractivity contribution >= 4 is 97.8 Å². The quantitative estimate of drug-likeness (QED) is 0.0195. The third-order valence-corrected chi connectivity index (χ3v) is 30.0. The lowest BCUT2D eigenvalue weighted by Gasteiger charge is -2.30. The van der Waals surface area contributed by atoms with Gasteiger partial charge in [0.25, 0.3) is 5.91 Å². The Labute approximate surface area is 902 Å². The predicted molar refractivity (Wildman–Crippen MR) is 590 cm³/mol. The molecule has 5 aliphatic rings. The Balaban J connectivity index is 0.000000149. The molecule has 0 atom stereocenters. The van der Waals surface area contributed by atoms with Crippen molar-refractivity contribution in [3.05, 3.63) is 330 Å². The van der Waals surface area contributed by atoms with E-state index in [-0.39, 0.29) is 67.7 Å². The van der Waals surface area contributed by atoms with Crippen LogP contribution in [0.5, 0.6) is 51.7 Å². The standard InChI is InChI=1S/C34H38N2O4S.C32H39N3O5S.C27H31ClN2O3S.C26H29ClN2O3S/c1-2-3-4-5-9-12-31(37)30-24-41-34(35-30)22-36(21-28-15-18-32-33(19-28)40-25-39-32)20-26-13-16-29(17-14-26)38-23-27-10-7-6-8-11-27;1-5-38-31(37)24-12-14-35(15-13-24)30(36)26-20-41-29(33-26)19-34(17-22-6-9-25(10-7-22)32(2,3)4)18-23-8-11-27-28(16-23)40-21-39-27;1-2-3-4-5-6-7-24(31)23-18-34-27(29-23)17-30(15-20-8-11-22(28)12-9-20)16-21-10-13-25-26(14-21)33-19-32-25;1-2-3-4-5-6-23(30)22-17-33-26(28-22)16-29(14-19-7-10-21(27)11-8-19)15-20-9-12-24-25(13-20)32-18-31-24/h6-8,10-11,13-19,24H,2-5,9,12,20-23,25H2,1H3;6-11,16,20,24H,5,12-15,17-19,21H2,1-4H3;8-14,18H,2-7,15-17,19H2,1H3;7-13,17H,2-6,14-16,18H2,1H3. The molecule has 0 N–H and O–H groups in total. The van der Waals surface area contributed by atoms with Gasteiger partial charge in [0.1, 0.15) is 55.2 Å². The van der Waals surface area contributed by atoms with Crippen molar-refractivity contribution in [3.8, 4) is 51.7 Å². The van der Waals surface area contributed by atoms with Gasteiger partial charge in [-0.2, -0.15) is 0 Å². The minimum atomic E-state index is -0.161. The number of rotatable bonds is 50. The third-order valence-electron chi connectivity index (χ3n) is 26.2. The number of benzene rings is 9. The molecule has 0 radical (unpaired) electrons. The number of halogens is 2. The van der Waals surface area contributed by atoms with Gasteiger partial charge in [-0.25, -0.2) is 19.9 Å². The first-order valence-corrected chi connectivity index (χ1v) is 56.4. The van der Waals surface area contributed by atoms with Gasteiger partial charge in [0.05, 0.1) is 38.7 Å². The summed E-state index contributed by atoms with van der Waals surface area (Å²) in [7, 11) is 0. The number of ether oxygens (including phenoxy) is 10. The molecule has 4 aromatic heterocycles. The molecule has 18 rings (SSSR count). The molecule has 30 heteroatoms. The molecule has 1 saturated heterocycles. The Morgan fingerprint density at radius 2 is 0.651 bits per heavy atom. The predicted octanol–water partition coefficient (Wildman–Crippen LogP) is 28.1. The number of carbonyl (C=O) groups is 5. The second-order valence-electron chi connectivity index (χ2n) is 39.2. The van der Waals surface area contributed by atoms with Gasteiger partial charge >= 0.3 is 5.97 Å². The minimum Gasteiger partial charge on any atom is -0.489 e. The van der Waals surface area contributed by atoms with Crippen LogP contribution in [0.2, 0.25) is 10.0 Å². The maximum absolute atomic E-state index is 13.2. The number of piperidine rings is 1. The monoisotopic (exact) mass is 2130 g/mol. The lowest BCUT2D eigenvalue weighted by molar-refractivity contribution is -0.149. The highest BCUT2D eigenvalue weighted by Crippen LogP contribution is 2.40. The van der Waals surface area contributed by atoms with Crippen LogP contribution in [0.1, 0.15) is 288 Å². The summed E-state index contributed by atoms with van der Waals surface area (Å²) in [6.45, 7) is 26.5. The normalized spacial score (nSPS) is 13.2. The van der Waals surface area contributed by atoms with Gasteiger partial charge in [-0.3, -0.25) is 43.6 Å². The van der Waals surface area contributed by atoms with Crippen LogP contribution in [0, 0.1) is 5.92 Å². The number of ketones is 3. The van der Waals surface area contributed by atoms with Crippen LogP contribution >= 0.6 is 68.5 Å². The Morgan fingerprint density at radius 3 is 0.993 bits per heavy atom. The number of aromatic nitrogens is 4. The summed E-state index contributed by atoms with van der Waals surface area (Å²) in [5.41, 5.74) is 14.1. The van der Waals surface area contributed by atoms with Crippen LogP contribution in [0.4, 0.5) is 0 Å². The van der Waals surface area contributed by atoms with Crippen LogP contribution < -0.4 is 42.6 Å². The van der Waals surface area contributed by atoms with Gasteiger partial charge in [-0.05, 0) is 185 Å². The molecule has 0 aliphatic carbocycles. The molecular weight excluding hydrogens is 1990 g/mol. The zero-order chi connectivity index (χ0) is 104. The topological polar surface area (TPSA) is 245 Å². The van der Waals surface area contributed by atoms with Crippen molar-refractivity contribution in [1.82, 2.24) is 44.4 Å². The number of Topliss-reactive ketones (excluding diaryl/α,β-unsaturated/α-hetero) is 3. The van der Waals surface area contributed by atoms with Crippen LogP contribution in [0.3, 0.4) is 0 Å². The molecule has 13 aromatic rings. The number of unbranched alkanes of at least 4 members (excludes halogenated alkanes) is 11. The molecule has 9 heterocycles. The number of fused-ring (bicyclic) bond motifs is 4. The molecule has 5 aliphatic heterocycles. The van der Waals surface area contributed by atoms with Crippen LogP contribution in [0.25, 0.3) is 0 Å². The largest absolute Gasteiger partial charge is 0.489 e. The average molecular weight is 2130 g/mol. The van der Waals surface area contributed by atoms with Crippen molar-refractivity contribution in [2.24, 2.45) is 5.92 Å². The molecule has 9 aromatic carbocycles. The molecule has 0 unspecified atom stereocenters. The number of hydrogen-bond donors (Lipinski definition) is 0. The summed E-state index contributed by atoms with van der Waals surface area (Å²) in [6.07, 6.45) is 18.7. The number of hydrogen-bond acceptors (Lipinski definition) is 27. The van der Waals surface area contributed by atoms with Crippen LogP contribution in [0.15, 0.2) is 222 Å². The Hall–Kier alpha value is -11.9. The van der Waals surface area contributed by atoms with E-state index >= 15 is 0 Å².